The largest absolute Gasteiger partial charge is 0.316 e. The summed E-state index contributed by atoms with van der Waals surface area (Å²) in [7, 11) is 0. The van der Waals surface area contributed by atoms with Crippen molar-refractivity contribution in [2.45, 2.75) is 19.4 Å². The zero-order chi connectivity index (χ0) is 10.8. The lowest BCUT2D eigenvalue weighted by molar-refractivity contribution is 0.577. The smallest absolute Gasteiger partial charge is 0.141 e. The van der Waals surface area contributed by atoms with E-state index >= 15 is 0 Å². The highest BCUT2D eigenvalue weighted by atomic mass is 19.1. The third-order valence-corrected chi connectivity index (χ3v) is 1.47. The van der Waals surface area contributed by atoms with Gasteiger partial charge in [0.25, 0.3) is 0 Å². The van der Waals surface area contributed by atoms with E-state index in [4.69, 9.17) is 5.73 Å². The summed E-state index contributed by atoms with van der Waals surface area (Å²) in [6.07, 6.45) is 0. The first kappa shape index (κ1) is 10.7. The van der Waals surface area contributed by atoms with Gasteiger partial charge in [0.05, 0.1) is 11.1 Å². The summed E-state index contributed by atoms with van der Waals surface area (Å²) in [6, 6.07) is 3.62. The van der Waals surface area contributed by atoms with Crippen LogP contribution in [0.1, 0.15) is 19.4 Å². The molecule has 0 atom stereocenters. The Hall–Kier alpha value is -1.40. The number of hydrogen-bond donors (Lipinski definition) is 1. The first-order valence-corrected chi connectivity index (χ1v) is 4.16. The fraction of sp³-hybridized carbons (Fsp3) is 0.273. The van der Waals surface area contributed by atoms with Gasteiger partial charge in [0.1, 0.15) is 11.6 Å². The van der Waals surface area contributed by atoms with Gasteiger partial charge in [-0.25, -0.2) is 8.78 Å². The summed E-state index contributed by atoms with van der Waals surface area (Å²) in [5, 5.41) is 0. The maximum atomic E-state index is 13.0. The molecule has 0 bridgehead atoms. The highest BCUT2D eigenvalue weighted by Crippen LogP contribution is 2.10. The Bertz CT molecular complexity index is 374. The van der Waals surface area contributed by atoms with Crippen LogP contribution in [-0.2, 0) is 0 Å². The van der Waals surface area contributed by atoms with E-state index in [0.717, 1.165) is 12.1 Å². The van der Waals surface area contributed by atoms with E-state index in [-0.39, 0.29) is 5.56 Å². The molecule has 0 spiro atoms. The van der Waals surface area contributed by atoms with Gasteiger partial charge in [0.15, 0.2) is 0 Å². The fourth-order valence-corrected chi connectivity index (χ4v) is 0.841. The van der Waals surface area contributed by atoms with Gasteiger partial charge in [-0.3, -0.25) is 0 Å². The van der Waals surface area contributed by atoms with Crippen LogP contribution in [0.2, 0.25) is 0 Å². The van der Waals surface area contributed by atoms with Crippen molar-refractivity contribution < 1.29 is 8.78 Å². The minimum Gasteiger partial charge on any atom is -0.316 e. The Morgan fingerprint density at radius 3 is 2.14 bits per heavy atom. The molecule has 0 aliphatic rings. The molecule has 74 valence electrons. The lowest BCUT2D eigenvalue weighted by atomic mass is 10.1. The van der Waals surface area contributed by atoms with E-state index in [1.807, 2.05) is 0 Å². The van der Waals surface area contributed by atoms with Gasteiger partial charge >= 0.3 is 0 Å². The standard InChI is InChI=1S/C11H11F2N/c1-11(2,14)7-6-8-9(12)4-3-5-10(8)13/h3-5H,14H2,1-2H3. The molecule has 0 aliphatic heterocycles. The number of hydrogen-bond acceptors (Lipinski definition) is 1. The van der Waals surface area contributed by atoms with E-state index in [1.165, 1.54) is 6.07 Å². The number of benzene rings is 1. The number of halogens is 2. The van der Waals surface area contributed by atoms with Crippen LogP contribution >= 0.6 is 0 Å². The highest BCUT2D eigenvalue weighted by molar-refractivity contribution is 5.38. The van der Waals surface area contributed by atoms with Crippen LogP contribution in [0.5, 0.6) is 0 Å². The van der Waals surface area contributed by atoms with Crippen LogP contribution in [0.15, 0.2) is 18.2 Å². The molecule has 2 N–H and O–H groups in total. The number of nitrogens with two attached hydrogens (primary N) is 1. The molecule has 1 rings (SSSR count). The number of rotatable bonds is 0. The van der Waals surface area contributed by atoms with Crippen LogP contribution < -0.4 is 5.73 Å². The molecule has 3 heteroatoms. The first-order valence-electron chi connectivity index (χ1n) is 4.16. The second-order valence-corrected chi connectivity index (χ2v) is 3.57. The second-order valence-electron chi connectivity index (χ2n) is 3.57. The summed E-state index contributed by atoms with van der Waals surface area (Å²) >= 11 is 0. The monoisotopic (exact) mass is 195 g/mol. The van der Waals surface area contributed by atoms with Crippen LogP contribution in [-0.4, -0.2) is 5.54 Å². The molecular weight excluding hydrogens is 184 g/mol. The average molecular weight is 195 g/mol. The lowest BCUT2D eigenvalue weighted by Crippen LogP contribution is -2.29. The second kappa shape index (κ2) is 3.77. The predicted octanol–water partition coefficient (Wildman–Crippen LogP) is 2.05. The summed E-state index contributed by atoms with van der Waals surface area (Å²) in [5.74, 6) is 3.63. The van der Waals surface area contributed by atoms with Crippen molar-refractivity contribution in [3.05, 3.63) is 35.4 Å². The van der Waals surface area contributed by atoms with E-state index in [1.54, 1.807) is 13.8 Å². The average Bonchev–Trinajstić information content (AvgIpc) is 2.01. The van der Waals surface area contributed by atoms with Gasteiger partial charge in [0.2, 0.25) is 0 Å². The molecule has 0 unspecified atom stereocenters. The molecule has 0 aliphatic carbocycles. The van der Waals surface area contributed by atoms with Gasteiger partial charge < -0.3 is 5.73 Å². The normalized spacial score (nSPS) is 10.6. The fourth-order valence-electron chi connectivity index (χ4n) is 0.841. The van der Waals surface area contributed by atoms with E-state index in [2.05, 4.69) is 11.8 Å². The van der Waals surface area contributed by atoms with Gasteiger partial charge in [-0.1, -0.05) is 17.9 Å². The van der Waals surface area contributed by atoms with Crippen LogP contribution in [0.25, 0.3) is 0 Å². The Balaban J connectivity index is 3.13. The molecule has 1 aromatic rings. The molecule has 14 heavy (non-hydrogen) atoms. The minimum absolute atomic E-state index is 0.231. The topological polar surface area (TPSA) is 26.0 Å². The minimum atomic E-state index is -0.755. The third kappa shape index (κ3) is 2.82. The van der Waals surface area contributed by atoms with Crippen molar-refractivity contribution >= 4 is 0 Å². The zero-order valence-electron chi connectivity index (χ0n) is 8.07. The van der Waals surface area contributed by atoms with Crippen molar-refractivity contribution in [3.8, 4) is 11.8 Å². The predicted molar refractivity (Wildman–Crippen MR) is 51.5 cm³/mol. The first-order chi connectivity index (χ1) is 6.40. The Labute approximate surface area is 81.9 Å². The quantitative estimate of drug-likeness (QED) is 0.630. The van der Waals surface area contributed by atoms with Crippen LogP contribution in [0.4, 0.5) is 8.78 Å². The van der Waals surface area contributed by atoms with Crippen molar-refractivity contribution in [1.82, 2.24) is 0 Å². The summed E-state index contributed by atoms with van der Waals surface area (Å²) < 4.78 is 26.1. The Morgan fingerprint density at radius 2 is 1.71 bits per heavy atom. The molecule has 1 nitrogen and oxygen atoms in total. The van der Waals surface area contributed by atoms with Gasteiger partial charge in [0, 0.05) is 0 Å². The zero-order valence-corrected chi connectivity index (χ0v) is 8.07. The molecule has 0 fully saturated rings. The van der Waals surface area contributed by atoms with Crippen LogP contribution in [0, 0.1) is 23.5 Å². The van der Waals surface area contributed by atoms with Crippen molar-refractivity contribution in [2.24, 2.45) is 5.73 Å². The van der Waals surface area contributed by atoms with E-state index in [9.17, 15) is 8.78 Å². The van der Waals surface area contributed by atoms with Crippen LogP contribution in [0.3, 0.4) is 0 Å². The van der Waals surface area contributed by atoms with Gasteiger partial charge in [-0.2, -0.15) is 0 Å². The van der Waals surface area contributed by atoms with Crippen molar-refractivity contribution in [2.75, 3.05) is 0 Å². The Kier molecular flexibility index (Phi) is 2.87. The molecular formula is C11H11F2N. The summed E-state index contributed by atoms with van der Waals surface area (Å²) in [5.41, 5.74) is 4.58. The molecule has 0 amide bonds. The molecule has 1 aromatic carbocycles. The Morgan fingerprint density at radius 1 is 1.21 bits per heavy atom. The molecule has 0 saturated heterocycles. The van der Waals surface area contributed by atoms with E-state index in [0.29, 0.717) is 0 Å². The third-order valence-electron chi connectivity index (χ3n) is 1.47. The molecule has 0 aromatic heterocycles. The molecule has 0 radical (unpaired) electrons. The highest BCUT2D eigenvalue weighted by Gasteiger charge is 2.07. The molecule has 0 heterocycles. The maximum absolute atomic E-state index is 13.0. The summed E-state index contributed by atoms with van der Waals surface area (Å²) in [6.45, 7) is 3.33. The molecule has 0 saturated carbocycles. The van der Waals surface area contributed by atoms with Crippen molar-refractivity contribution in [1.29, 1.82) is 0 Å². The SMILES string of the molecule is CC(C)(N)C#Cc1c(F)cccc1F. The van der Waals surface area contributed by atoms with Crippen molar-refractivity contribution in [3.63, 3.8) is 0 Å². The van der Waals surface area contributed by atoms with E-state index < -0.39 is 17.2 Å². The lowest BCUT2D eigenvalue weighted by Gasteiger charge is -2.07. The van der Waals surface area contributed by atoms with Gasteiger partial charge in [-0.15, -0.1) is 0 Å². The maximum Gasteiger partial charge on any atom is 0.141 e. The van der Waals surface area contributed by atoms with Gasteiger partial charge in [-0.05, 0) is 26.0 Å². The summed E-state index contributed by atoms with van der Waals surface area (Å²) in [4.78, 5) is 0.